The Morgan fingerprint density at radius 2 is 1.92 bits per heavy atom. The number of halogens is 1. The van der Waals surface area contributed by atoms with Gasteiger partial charge in [-0.05, 0) is 71.7 Å². The Labute approximate surface area is 162 Å². The van der Waals surface area contributed by atoms with Gasteiger partial charge in [0.05, 0.1) is 0 Å². The SMILES string of the molecule is CCC(=O)Sc1cccc(C)c1COc1cc(I)c(CC)cc1C. The zero-order chi connectivity index (χ0) is 17.7. The molecular formula is C20H23IO2S. The normalized spacial score (nSPS) is 10.7. The first-order valence-electron chi connectivity index (χ1n) is 8.17. The minimum Gasteiger partial charge on any atom is -0.489 e. The second-order valence-corrected chi connectivity index (χ2v) is 7.99. The number of hydrogen-bond acceptors (Lipinski definition) is 3. The van der Waals surface area contributed by atoms with E-state index in [9.17, 15) is 4.79 Å². The number of aryl methyl sites for hydroxylation is 3. The monoisotopic (exact) mass is 454 g/mol. The van der Waals surface area contributed by atoms with Crippen molar-refractivity contribution in [3.63, 3.8) is 0 Å². The van der Waals surface area contributed by atoms with E-state index in [1.54, 1.807) is 0 Å². The largest absolute Gasteiger partial charge is 0.489 e. The lowest BCUT2D eigenvalue weighted by molar-refractivity contribution is -0.110. The van der Waals surface area contributed by atoms with E-state index >= 15 is 0 Å². The molecule has 128 valence electrons. The fourth-order valence-electron chi connectivity index (χ4n) is 2.45. The summed E-state index contributed by atoms with van der Waals surface area (Å²) in [5.41, 5.74) is 4.75. The Bertz CT molecular complexity index is 741. The molecule has 0 radical (unpaired) electrons. The van der Waals surface area contributed by atoms with Gasteiger partial charge >= 0.3 is 0 Å². The van der Waals surface area contributed by atoms with E-state index in [0.717, 1.165) is 33.8 Å². The molecule has 0 aliphatic heterocycles. The molecule has 0 saturated heterocycles. The summed E-state index contributed by atoms with van der Waals surface area (Å²) in [6, 6.07) is 10.4. The second-order valence-electron chi connectivity index (χ2n) is 5.73. The summed E-state index contributed by atoms with van der Waals surface area (Å²) in [6.07, 6.45) is 1.56. The van der Waals surface area contributed by atoms with Gasteiger partial charge in [-0.2, -0.15) is 0 Å². The molecule has 0 aliphatic rings. The molecule has 0 N–H and O–H groups in total. The first kappa shape index (κ1) is 19.3. The molecule has 2 rings (SSSR count). The van der Waals surface area contributed by atoms with Gasteiger partial charge in [-0.15, -0.1) is 0 Å². The van der Waals surface area contributed by atoms with Crippen molar-refractivity contribution < 1.29 is 9.53 Å². The van der Waals surface area contributed by atoms with E-state index in [1.807, 2.05) is 19.1 Å². The third kappa shape index (κ3) is 4.76. The minimum absolute atomic E-state index is 0.180. The van der Waals surface area contributed by atoms with Crippen molar-refractivity contribution >= 4 is 39.5 Å². The van der Waals surface area contributed by atoms with Gasteiger partial charge in [0.1, 0.15) is 12.4 Å². The molecule has 0 unspecified atom stereocenters. The van der Waals surface area contributed by atoms with Gasteiger partial charge in [-0.3, -0.25) is 4.79 Å². The summed E-state index contributed by atoms with van der Waals surface area (Å²) in [5, 5.41) is 0.180. The number of rotatable bonds is 6. The van der Waals surface area contributed by atoms with Gasteiger partial charge < -0.3 is 4.74 Å². The number of benzene rings is 2. The van der Waals surface area contributed by atoms with Crippen LogP contribution in [-0.4, -0.2) is 5.12 Å². The fraction of sp³-hybridized carbons (Fsp3) is 0.350. The van der Waals surface area contributed by atoms with Gasteiger partial charge in [0.25, 0.3) is 0 Å². The fourth-order valence-corrected chi connectivity index (χ4v) is 4.15. The maximum Gasteiger partial charge on any atom is 0.193 e. The molecule has 0 bridgehead atoms. The summed E-state index contributed by atoms with van der Waals surface area (Å²) in [7, 11) is 0. The van der Waals surface area contributed by atoms with Crippen molar-refractivity contribution in [2.75, 3.05) is 0 Å². The van der Waals surface area contributed by atoms with Crippen LogP contribution in [0.25, 0.3) is 0 Å². The molecule has 0 atom stereocenters. The highest BCUT2D eigenvalue weighted by molar-refractivity contribution is 14.1. The van der Waals surface area contributed by atoms with Crippen molar-refractivity contribution in [1.82, 2.24) is 0 Å². The Morgan fingerprint density at radius 3 is 2.58 bits per heavy atom. The topological polar surface area (TPSA) is 26.3 Å². The van der Waals surface area contributed by atoms with Crippen LogP contribution in [0.5, 0.6) is 5.75 Å². The van der Waals surface area contributed by atoms with Gasteiger partial charge in [-0.1, -0.05) is 43.8 Å². The maximum absolute atomic E-state index is 11.8. The van der Waals surface area contributed by atoms with E-state index in [-0.39, 0.29) is 5.12 Å². The smallest absolute Gasteiger partial charge is 0.193 e. The lowest BCUT2D eigenvalue weighted by Gasteiger charge is -2.15. The molecule has 0 aliphatic carbocycles. The van der Waals surface area contributed by atoms with Crippen LogP contribution in [0.15, 0.2) is 35.2 Å². The first-order chi connectivity index (χ1) is 11.5. The summed E-state index contributed by atoms with van der Waals surface area (Å²) in [4.78, 5) is 12.8. The molecule has 2 nitrogen and oxygen atoms in total. The predicted molar refractivity (Wildman–Crippen MR) is 110 cm³/mol. The zero-order valence-electron chi connectivity index (χ0n) is 14.6. The Hall–Kier alpha value is -1.01. The van der Waals surface area contributed by atoms with Crippen LogP contribution in [0.2, 0.25) is 0 Å². The quantitative estimate of drug-likeness (QED) is 0.391. The molecule has 0 heterocycles. The second kappa shape index (κ2) is 8.90. The number of carbonyl (C=O) groups is 1. The highest BCUT2D eigenvalue weighted by Gasteiger charge is 2.12. The average molecular weight is 454 g/mol. The van der Waals surface area contributed by atoms with Crippen molar-refractivity contribution in [2.24, 2.45) is 0 Å². The van der Waals surface area contributed by atoms with Crippen molar-refractivity contribution in [3.8, 4) is 5.75 Å². The molecule has 2 aromatic rings. The van der Waals surface area contributed by atoms with E-state index in [1.165, 1.54) is 20.9 Å². The number of hydrogen-bond donors (Lipinski definition) is 0. The summed E-state index contributed by atoms with van der Waals surface area (Å²) >= 11 is 3.68. The molecule has 0 amide bonds. The lowest BCUT2D eigenvalue weighted by atomic mass is 10.1. The molecule has 24 heavy (non-hydrogen) atoms. The van der Waals surface area contributed by atoms with E-state index in [4.69, 9.17) is 4.74 Å². The van der Waals surface area contributed by atoms with Crippen molar-refractivity contribution in [1.29, 1.82) is 0 Å². The lowest BCUT2D eigenvalue weighted by Crippen LogP contribution is -2.03. The molecule has 0 spiro atoms. The maximum atomic E-state index is 11.8. The van der Waals surface area contributed by atoms with Crippen LogP contribution >= 0.6 is 34.4 Å². The van der Waals surface area contributed by atoms with Gasteiger partial charge in [-0.25, -0.2) is 0 Å². The van der Waals surface area contributed by atoms with Crippen LogP contribution in [0.4, 0.5) is 0 Å². The highest BCUT2D eigenvalue weighted by Crippen LogP contribution is 2.30. The van der Waals surface area contributed by atoms with Crippen molar-refractivity contribution in [2.45, 2.75) is 52.0 Å². The van der Waals surface area contributed by atoms with Gasteiger partial charge in [0.2, 0.25) is 0 Å². The number of thioether (sulfide) groups is 1. The van der Waals surface area contributed by atoms with Gasteiger partial charge in [0.15, 0.2) is 5.12 Å². The minimum atomic E-state index is 0.180. The van der Waals surface area contributed by atoms with Gasteiger partial charge in [0, 0.05) is 20.4 Å². The average Bonchev–Trinajstić information content (AvgIpc) is 2.56. The molecular weight excluding hydrogens is 431 g/mol. The molecule has 0 saturated carbocycles. The number of ether oxygens (including phenoxy) is 1. The molecule has 0 aromatic heterocycles. The van der Waals surface area contributed by atoms with Crippen LogP contribution in [0, 0.1) is 17.4 Å². The third-order valence-electron chi connectivity index (χ3n) is 3.98. The van der Waals surface area contributed by atoms with Crippen LogP contribution in [0.3, 0.4) is 0 Å². The Kier molecular flexibility index (Phi) is 7.16. The molecule has 0 fully saturated rings. The van der Waals surface area contributed by atoms with Crippen LogP contribution < -0.4 is 4.74 Å². The standard InChI is InChI=1S/C20H23IO2S/c1-5-15-10-14(4)18(11-17(15)21)23-12-16-13(3)8-7-9-19(16)24-20(22)6-2/h7-11H,5-6,12H2,1-4H3. The summed E-state index contributed by atoms with van der Waals surface area (Å²) in [6.45, 7) is 8.68. The summed E-state index contributed by atoms with van der Waals surface area (Å²) < 4.78 is 7.34. The predicted octanol–water partition coefficient (Wildman–Crippen LogP) is 6.08. The van der Waals surface area contributed by atoms with E-state index < -0.39 is 0 Å². The third-order valence-corrected chi connectivity index (χ3v) is 6.10. The van der Waals surface area contributed by atoms with E-state index in [2.05, 4.69) is 61.6 Å². The van der Waals surface area contributed by atoms with Crippen molar-refractivity contribution in [3.05, 3.63) is 56.2 Å². The molecule has 4 heteroatoms. The van der Waals surface area contributed by atoms with Crippen LogP contribution in [0.1, 0.15) is 42.5 Å². The number of carbonyl (C=O) groups excluding carboxylic acids is 1. The Morgan fingerprint density at radius 1 is 1.17 bits per heavy atom. The van der Waals surface area contributed by atoms with E-state index in [0.29, 0.717) is 13.0 Å². The summed E-state index contributed by atoms with van der Waals surface area (Å²) in [5.74, 6) is 0.914. The first-order valence-corrected chi connectivity index (χ1v) is 10.1. The molecule has 2 aromatic carbocycles. The highest BCUT2D eigenvalue weighted by atomic mass is 127. The van der Waals surface area contributed by atoms with Crippen LogP contribution in [-0.2, 0) is 17.8 Å². The Balaban J connectivity index is 2.23. The zero-order valence-corrected chi connectivity index (χ0v) is 17.6.